The molecule has 0 spiro atoms. The normalized spacial score (nSPS) is 15.8. The number of fused-ring (bicyclic) bond motifs is 2. The lowest BCUT2D eigenvalue weighted by Crippen LogP contribution is -2.24. The fourth-order valence-corrected chi connectivity index (χ4v) is 3.13. The Kier molecular flexibility index (Phi) is 3.30. The molecule has 0 bridgehead atoms. The van der Waals surface area contributed by atoms with E-state index >= 15 is 0 Å². The van der Waals surface area contributed by atoms with Crippen LogP contribution in [0.1, 0.15) is 35.4 Å². The maximum absolute atomic E-state index is 12.8. The molecule has 0 saturated heterocycles. The smallest absolute Gasteiger partial charge is 0.261 e. The highest BCUT2D eigenvalue weighted by molar-refractivity contribution is 5.81. The number of allylic oxidation sites excluding steroid dienone is 1. The molecule has 0 amide bonds. The van der Waals surface area contributed by atoms with Gasteiger partial charge in [0, 0.05) is 18.0 Å². The van der Waals surface area contributed by atoms with E-state index in [2.05, 4.69) is 11.1 Å². The first kappa shape index (κ1) is 13.9. The Morgan fingerprint density at radius 1 is 1.17 bits per heavy atom. The van der Waals surface area contributed by atoms with Crippen molar-refractivity contribution in [2.75, 3.05) is 0 Å². The van der Waals surface area contributed by atoms with Gasteiger partial charge >= 0.3 is 0 Å². The van der Waals surface area contributed by atoms with Crippen LogP contribution in [0.15, 0.2) is 47.5 Å². The number of aryl methyl sites for hydroxylation is 1. The van der Waals surface area contributed by atoms with Crippen LogP contribution in [0.3, 0.4) is 0 Å². The molecule has 0 atom stereocenters. The molecule has 114 valence electrons. The minimum absolute atomic E-state index is 0.0559. The van der Waals surface area contributed by atoms with E-state index < -0.39 is 0 Å². The van der Waals surface area contributed by atoms with Crippen molar-refractivity contribution in [2.45, 2.75) is 26.2 Å². The summed E-state index contributed by atoms with van der Waals surface area (Å²) in [6.07, 6.45) is 8.38. The average molecular weight is 303 g/mol. The molecule has 0 aromatic carbocycles. The number of rotatable bonds is 1. The quantitative estimate of drug-likeness (QED) is 0.693. The fraction of sp³-hybridized carbons (Fsp3) is 0.211. The van der Waals surface area contributed by atoms with Crippen LogP contribution in [-0.2, 0) is 6.42 Å². The molecule has 0 radical (unpaired) electrons. The summed E-state index contributed by atoms with van der Waals surface area (Å²) in [6, 6.07) is 9.73. The van der Waals surface area contributed by atoms with E-state index in [1.807, 2.05) is 43.5 Å². The molecular formula is C19H17N3O. The lowest BCUT2D eigenvalue weighted by atomic mass is 9.91. The SMILES string of the molecule is Cc1ccc2nc3c(c(=O)n2c1)CCC/C3=C/c1ccccn1. The van der Waals surface area contributed by atoms with Gasteiger partial charge < -0.3 is 0 Å². The van der Waals surface area contributed by atoms with Crippen LogP contribution < -0.4 is 5.56 Å². The van der Waals surface area contributed by atoms with Crippen LogP contribution in [0.2, 0.25) is 0 Å². The summed E-state index contributed by atoms with van der Waals surface area (Å²) in [5.41, 5.74) is 5.48. The van der Waals surface area contributed by atoms with Crippen LogP contribution in [-0.4, -0.2) is 14.4 Å². The molecule has 0 N–H and O–H groups in total. The second-order valence-electron chi connectivity index (χ2n) is 5.96. The van der Waals surface area contributed by atoms with Crippen molar-refractivity contribution in [2.24, 2.45) is 0 Å². The Labute approximate surface area is 134 Å². The Morgan fingerprint density at radius 2 is 2.09 bits per heavy atom. The third-order valence-corrected chi connectivity index (χ3v) is 4.25. The molecular weight excluding hydrogens is 286 g/mol. The molecule has 4 nitrogen and oxygen atoms in total. The first-order valence-corrected chi connectivity index (χ1v) is 7.86. The molecule has 0 unspecified atom stereocenters. The summed E-state index contributed by atoms with van der Waals surface area (Å²) in [7, 11) is 0. The molecule has 3 aromatic rings. The highest BCUT2D eigenvalue weighted by Gasteiger charge is 2.20. The van der Waals surface area contributed by atoms with Gasteiger partial charge in [-0.25, -0.2) is 4.98 Å². The molecule has 1 aliphatic carbocycles. The standard InChI is InChI=1S/C19H17N3O/c1-13-8-9-17-21-18-14(11-15-6-2-3-10-20-15)5-4-7-16(18)19(23)22(17)12-13/h2-3,6,8-12H,4-5,7H2,1H3/b14-11-. The molecule has 1 aliphatic rings. The van der Waals surface area contributed by atoms with Crippen LogP contribution in [0, 0.1) is 6.92 Å². The largest absolute Gasteiger partial charge is 0.269 e. The Bertz CT molecular complexity index is 971. The summed E-state index contributed by atoms with van der Waals surface area (Å²) in [4.78, 5) is 21.9. The number of hydrogen-bond donors (Lipinski definition) is 0. The predicted octanol–water partition coefficient (Wildman–Crippen LogP) is 3.27. The number of pyridine rings is 2. The van der Waals surface area contributed by atoms with E-state index in [0.29, 0.717) is 5.65 Å². The maximum Gasteiger partial charge on any atom is 0.261 e. The van der Waals surface area contributed by atoms with Gasteiger partial charge in [-0.05, 0) is 61.6 Å². The van der Waals surface area contributed by atoms with Gasteiger partial charge in [0.1, 0.15) is 5.65 Å². The highest BCUT2D eigenvalue weighted by Crippen LogP contribution is 2.29. The van der Waals surface area contributed by atoms with Crippen molar-refractivity contribution in [3.63, 3.8) is 0 Å². The Hall–Kier alpha value is -2.75. The van der Waals surface area contributed by atoms with Crippen molar-refractivity contribution in [1.29, 1.82) is 0 Å². The monoisotopic (exact) mass is 303 g/mol. The van der Waals surface area contributed by atoms with Crippen LogP contribution in [0.5, 0.6) is 0 Å². The second-order valence-corrected chi connectivity index (χ2v) is 5.96. The van der Waals surface area contributed by atoms with Gasteiger partial charge in [0.25, 0.3) is 5.56 Å². The van der Waals surface area contributed by atoms with Gasteiger partial charge in [0.05, 0.1) is 11.4 Å². The zero-order chi connectivity index (χ0) is 15.8. The van der Waals surface area contributed by atoms with Crippen molar-refractivity contribution >= 4 is 17.3 Å². The third kappa shape index (κ3) is 2.46. The van der Waals surface area contributed by atoms with Crippen molar-refractivity contribution in [3.8, 4) is 0 Å². The molecule has 4 rings (SSSR count). The first-order valence-electron chi connectivity index (χ1n) is 7.86. The molecule has 0 aliphatic heterocycles. The van der Waals surface area contributed by atoms with E-state index in [1.54, 1.807) is 10.6 Å². The van der Waals surface area contributed by atoms with E-state index in [0.717, 1.165) is 47.4 Å². The zero-order valence-electron chi connectivity index (χ0n) is 13.0. The van der Waals surface area contributed by atoms with Gasteiger partial charge in [-0.2, -0.15) is 0 Å². The van der Waals surface area contributed by atoms with Crippen molar-refractivity contribution in [1.82, 2.24) is 14.4 Å². The van der Waals surface area contributed by atoms with Gasteiger partial charge in [0.2, 0.25) is 0 Å². The van der Waals surface area contributed by atoms with Crippen molar-refractivity contribution in [3.05, 3.63) is 75.6 Å². The van der Waals surface area contributed by atoms with E-state index in [1.165, 1.54) is 0 Å². The summed E-state index contributed by atoms with van der Waals surface area (Å²) in [5.74, 6) is 0. The first-order chi connectivity index (χ1) is 11.2. The lowest BCUT2D eigenvalue weighted by molar-refractivity contribution is 0.786. The minimum Gasteiger partial charge on any atom is -0.269 e. The molecule has 4 heteroatoms. The lowest BCUT2D eigenvalue weighted by Gasteiger charge is -2.18. The summed E-state index contributed by atoms with van der Waals surface area (Å²) >= 11 is 0. The summed E-state index contributed by atoms with van der Waals surface area (Å²) < 4.78 is 1.66. The topological polar surface area (TPSA) is 47.3 Å². The molecule has 3 aromatic heterocycles. The summed E-state index contributed by atoms with van der Waals surface area (Å²) in [5, 5.41) is 0. The zero-order valence-corrected chi connectivity index (χ0v) is 13.0. The van der Waals surface area contributed by atoms with Gasteiger partial charge in [-0.15, -0.1) is 0 Å². The number of hydrogen-bond acceptors (Lipinski definition) is 3. The predicted molar refractivity (Wildman–Crippen MR) is 91.2 cm³/mol. The molecule has 23 heavy (non-hydrogen) atoms. The Balaban J connectivity index is 1.95. The van der Waals surface area contributed by atoms with E-state index in [4.69, 9.17) is 4.98 Å². The van der Waals surface area contributed by atoms with E-state index in [-0.39, 0.29) is 5.56 Å². The second kappa shape index (κ2) is 5.47. The highest BCUT2D eigenvalue weighted by atomic mass is 16.1. The van der Waals surface area contributed by atoms with Crippen molar-refractivity contribution < 1.29 is 0 Å². The minimum atomic E-state index is 0.0559. The number of nitrogens with zero attached hydrogens (tertiary/aromatic N) is 3. The maximum atomic E-state index is 12.8. The molecule has 3 heterocycles. The van der Waals surface area contributed by atoms with Gasteiger partial charge in [-0.3, -0.25) is 14.2 Å². The van der Waals surface area contributed by atoms with Crippen LogP contribution >= 0.6 is 0 Å². The average Bonchev–Trinajstić information content (AvgIpc) is 2.57. The molecule has 0 fully saturated rings. The van der Waals surface area contributed by atoms with E-state index in [9.17, 15) is 4.79 Å². The number of aromatic nitrogens is 3. The third-order valence-electron chi connectivity index (χ3n) is 4.25. The Morgan fingerprint density at radius 3 is 2.91 bits per heavy atom. The fourth-order valence-electron chi connectivity index (χ4n) is 3.13. The van der Waals surface area contributed by atoms with Crippen LogP contribution in [0.25, 0.3) is 17.3 Å². The van der Waals surface area contributed by atoms with Gasteiger partial charge in [0.15, 0.2) is 0 Å². The summed E-state index contributed by atoms with van der Waals surface area (Å²) in [6.45, 7) is 1.98. The van der Waals surface area contributed by atoms with Crippen LogP contribution in [0.4, 0.5) is 0 Å². The van der Waals surface area contributed by atoms with Gasteiger partial charge in [-0.1, -0.05) is 12.1 Å². The molecule has 0 saturated carbocycles.